The third kappa shape index (κ3) is 4.59. The van der Waals surface area contributed by atoms with Gasteiger partial charge in [0.2, 0.25) is 0 Å². The van der Waals surface area contributed by atoms with Gasteiger partial charge in [-0.25, -0.2) is 9.50 Å². The topological polar surface area (TPSA) is 106 Å². The minimum atomic E-state index is -4.75. The molecule has 3 heterocycles. The highest BCUT2D eigenvalue weighted by Crippen LogP contribution is 2.33. The Morgan fingerprint density at radius 3 is 2.40 bits per heavy atom. The number of alkyl halides is 3. The van der Waals surface area contributed by atoms with Gasteiger partial charge < -0.3 is 10.6 Å². The van der Waals surface area contributed by atoms with E-state index in [1.165, 1.54) is 24.0 Å². The number of benzene rings is 1. The Morgan fingerprint density at radius 2 is 1.77 bits per heavy atom. The lowest BCUT2D eigenvalue weighted by molar-refractivity contribution is -0.142. The molecule has 0 saturated heterocycles. The fraction of sp³-hybridized carbons (Fsp3) is 0.261. The molecule has 0 saturated carbocycles. The normalized spacial score (nSPS) is 11.6. The summed E-state index contributed by atoms with van der Waals surface area (Å²) in [4.78, 5) is 29.3. The molecule has 35 heavy (non-hydrogen) atoms. The van der Waals surface area contributed by atoms with Crippen LogP contribution in [0.3, 0.4) is 0 Å². The molecule has 0 fully saturated rings. The molecule has 2 N–H and O–H groups in total. The summed E-state index contributed by atoms with van der Waals surface area (Å²) in [5, 5.41) is 12.9. The first-order valence-electron chi connectivity index (χ1n) is 10.7. The van der Waals surface area contributed by atoms with Crippen molar-refractivity contribution in [2.45, 2.75) is 33.5 Å². The highest BCUT2D eigenvalue weighted by atomic mass is 19.4. The molecule has 4 aromatic rings. The third-order valence-corrected chi connectivity index (χ3v) is 5.53. The molecule has 4 rings (SSSR count). The van der Waals surface area contributed by atoms with Crippen LogP contribution in [-0.2, 0) is 12.7 Å². The quantitative estimate of drug-likeness (QED) is 0.447. The van der Waals surface area contributed by atoms with Gasteiger partial charge in [0, 0.05) is 31.4 Å². The van der Waals surface area contributed by atoms with Crippen molar-refractivity contribution >= 4 is 23.1 Å². The van der Waals surface area contributed by atoms with Crippen LogP contribution in [0.15, 0.2) is 36.5 Å². The molecule has 0 aliphatic heterocycles. The number of hydrogen-bond donors (Lipinski definition) is 2. The Bertz CT molecular complexity index is 1450. The molecule has 0 radical (unpaired) electrons. The molecule has 182 valence electrons. The van der Waals surface area contributed by atoms with Crippen LogP contribution >= 0.6 is 0 Å². The number of aryl methyl sites for hydroxylation is 3. The minimum absolute atomic E-state index is 0.0300. The number of amides is 2. The summed E-state index contributed by atoms with van der Waals surface area (Å²) in [5.74, 6) is -1.33. The van der Waals surface area contributed by atoms with E-state index >= 15 is 0 Å². The zero-order valence-corrected chi connectivity index (χ0v) is 19.4. The molecular formula is C23H22F3N7O2. The molecule has 0 unspecified atom stereocenters. The summed E-state index contributed by atoms with van der Waals surface area (Å²) in [7, 11) is 1.42. The van der Waals surface area contributed by atoms with Crippen molar-refractivity contribution in [2.24, 2.45) is 0 Å². The molecule has 0 aliphatic carbocycles. The SMILES string of the molecule is CCn1cc(NC(=O)c2cc3nc(-c4ccc(C)c(C)c4)cc(C(F)(F)F)n3n2)c(C(=O)NC)n1. The summed E-state index contributed by atoms with van der Waals surface area (Å²) in [6, 6.07) is 7.32. The van der Waals surface area contributed by atoms with E-state index in [2.05, 4.69) is 25.8 Å². The summed E-state index contributed by atoms with van der Waals surface area (Å²) in [6.07, 6.45) is -3.29. The van der Waals surface area contributed by atoms with E-state index in [1.54, 1.807) is 25.1 Å². The molecule has 0 bridgehead atoms. The molecule has 9 nitrogen and oxygen atoms in total. The first-order valence-corrected chi connectivity index (χ1v) is 10.7. The molecule has 12 heteroatoms. The van der Waals surface area contributed by atoms with Gasteiger partial charge in [-0.3, -0.25) is 14.3 Å². The lowest BCUT2D eigenvalue weighted by Gasteiger charge is -2.11. The Balaban J connectivity index is 1.77. The highest BCUT2D eigenvalue weighted by Gasteiger charge is 2.36. The number of nitrogens with zero attached hydrogens (tertiary/aromatic N) is 5. The number of aromatic nitrogens is 5. The van der Waals surface area contributed by atoms with Gasteiger partial charge in [-0.1, -0.05) is 12.1 Å². The van der Waals surface area contributed by atoms with E-state index in [4.69, 9.17) is 0 Å². The summed E-state index contributed by atoms with van der Waals surface area (Å²) >= 11 is 0. The monoisotopic (exact) mass is 485 g/mol. The van der Waals surface area contributed by atoms with Gasteiger partial charge in [0.15, 0.2) is 22.7 Å². The predicted octanol–water partition coefficient (Wildman–Crippen LogP) is 3.86. The zero-order valence-electron chi connectivity index (χ0n) is 19.4. The van der Waals surface area contributed by atoms with Crippen LogP contribution in [0.2, 0.25) is 0 Å². The van der Waals surface area contributed by atoms with Crippen LogP contribution in [0.1, 0.15) is 44.7 Å². The molecule has 3 aromatic heterocycles. The highest BCUT2D eigenvalue weighted by molar-refractivity contribution is 6.07. The van der Waals surface area contributed by atoms with E-state index in [9.17, 15) is 22.8 Å². The third-order valence-electron chi connectivity index (χ3n) is 5.53. The fourth-order valence-electron chi connectivity index (χ4n) is 3.48. The van der Waals surface area contributed by atoms with Crippen molar-refractivity contribution in [3.05, 3.63) is 64.7 Å². The van der Waals surface area contributed by atoms with Crippen LogP contribution in [0.25, 0.3) is 16.9 Å². The van der Waals surface area contributed by atoms with Crippen molar-refractivity contribution in [1.82, 2.24) is 29.7 Å². The van der Waals surface area contributed by atoms with Gasteiger partial charge in [-0.15, -0.1) is 0 Å². The average Bonchev–Trinajstić information content (AvgIpc) is 3.43. The van der Waals surface area contributed by atoms with Crippen LogP contribution < -0.4 is 10.6 Å². The van der Waals surface area contributed by atoms with Crippen LogP contribution in [0, 0.1) is 13.8 Å². The number of fused-ring (bicyclic) bond motifs is 1. The van der Waals surface area contributed by atoms with Gasteiger partial charge in [0.25, 0.3) is 11.8 Å². The first kappa shape index (κ1) is 23.9. The molecule has 0 spiro atoms. The Labute approximate surface area is 198 Å². The molecular weight excluding hydrogens is 463 g/mol. The molecule has 0 aliphatic rings. The van der Waals surface area contributed by atoms with E-state index < -0.39 is 23.7 Å². The van der Waals surface area contributed by atoms with Gasteiger partial charge in [0.05, 0.1) is 11.4 Å². The van der Waals surface area contributed by atoms with Crippen molar-refractivity contribution in [1.29, 1.82) is 0 Å². The van der Waals surface area contributed by atoms with E-state index in [0.717, 1.165) is 17.2 Å². The second kappa shape index (κ2) is 8.85. The lowest BCUT2D eigenvalue weighted by atomic mass is 10.0. The maximum Gasteiger partial charge on any atom is 0.433 e. The maximum absolute atomic E-state index is 13.9. The Hall–Kier alpha value is -4.22. The minimum Gasteiger partial charge on any atom is -0.354 e. The number of carbonyl (C=O) groups excluding carboxylic acids is 2. The maximum atomic E-state index is 13.9. The van der Waals surface area contributed by atoms with Gasteiger partial charge in [0.1, 0.15) is 0 Å². The number of halogens is 3. The first-order chi connectivity index (χ1) is 16.5. The molecule has 2 amide bonds. The number of hydrogen-bond acceptors (Lipinski definition) is 5. The standard InChI is InChI=1S/C23H22F3N7O2/c1-5-32-11-17(20(31-32)22(35)27-4)29-21(34)16-10-19-28-15(14-7-6-12(2)13(3)8-14)9-18(23(24,25)26)33(19)30-16/h6-11H,5H2,1-4H3,(H,27,35)(H,29,34). The average molecular weight is 485 g/mol. The van der Waals surface area contributed by atoms with Gasteiger partial charge in [-0.05, 0) is 44.0 Å². The lowest BCUT2D eigenvalue weighted by Crippen LogP contribution is -2.22. The van der Waals surface area contributed by atoms with Crippen molar-refractivity contribution in [3.63, 3.8) is 0 Å². The fourth-order valence-corrected chi connectivity index (χ4v) is 3.48. The van der Waals surface area contributed by atoms with Gasteiger partial charge in [-0.2, -0.15) is 23.4 Å². The summed E-state index contributed by atoms with van der Waals surface area (Å²) < 4.78 is 43.7. The second-order valence-electron chi connectivity index (χ2n) is 7.90. The van der Waals surface area contributed by atoms with Crippen molar-refractivity contribution in [3.8, 4) is 11.3 Å². The van der Waals surface area contributed by atoms with Crippen LogP contribution in [-0.4, -0.2) is 43.2 Å². The number of rotatable bonds is 5. The van der Waals surface area contributed by atoms with Crippen molar-refractivity contribution < 1.29 is 22.8 Å². The Kier molecular flexibility index (Phi) is 6.05. The van der Waals surface area contributed by atoms with E-state index in [1.807, 2.05) is 13.8 Å². The zero-order chi connectivity index (χ0) is 25.5. The summed E-state index contributed by atoms with van der Waals surface area (Å²) in [6.45, 7) is 6.00. The number of carbonyl (C=O) groups is 2. The largest absolute Gasteiger partial charge is 0.433 e. The van der Waals surface area contributed by atoms with E-state index in [0.29, 0.717) is 16.6 Å². The molecule has 0 atom stereocenters. The predicted molar refractivity (Wildman–Crippen MR) is 122 cm³/mol. The number of nitrogens with one attached hydrogen (secondary N) is 2. The van der Waals surface area contributed by atoms with Crippen molar-refractivity contribution in [2.75, 3.05) is 12.4 Å². The van der Waals surface area contributed by atoms with E-state index in [-0.39, 0.29) is 28.4 Å². The summed E-state index contributed by atoms with van der Waals surface area (Å²) in [5.41, 5.74) is 1.08. The smallest absolute Gasteiger partial charge is 0.354 e. The molecule has 1 aromatic carbocycles. The number of anilines is 1. The second-order valence-corrected chi connectivity index (χ2v) is 7.90. The van der Waals surface area contributed by atoms with Crippen LogP contribution in [0.4, 0.5) is 18.9 Å². The van der Waals surface area contributed by atoms with Gasteiger partial charge >= 0.3 is 6.18 Å². The Morgan fingerprint density at radius 1 is 1.03 bits per heavy atom. The van der Waals surface area contributed by atoms with Crippen LogP contribution in [0.5, 0.6) is 0 Å².